The second-order valence-corrected chi connectivity index (χ2v) is 7.28. The monoisotopic (exact) mass is 344 g/mol. The Balaban J connectivity index is 1.68. The minimum Gasteiger partial charge on any atom is -0.383 e. The Morgan fingerprint density at radius 2 is 1.92 bits per heavy atom. The third-order valence-corrected chi connectivity index (χ3v) is 5.77. The lowest BCUT2D eigenvalue weighted by Crippen LogP contribution is -2.37. The molecule has 5 heteroatoms. The second kappa shape index (κ2) is 7.56. The summed E-state index contributed by atoms with van der Waals surface area (Å²) in [5.41, 5.74) is 1.51. The maximum Gasteiger partial charge on any atom is 0.254 e. The molecule has 3 rings (SSSR count). The van der Waals surface area contributed by atoms with E-state index in [4.69, 9.17) is 4.74 Å². The summed E-state index contributed by atoms with van der Waals surface area (Å²) in [6.45, 7) is 5.44. The Morgan fingerprint density at radius 1 is 1.16 bits per heavy atom. The normalized spacial score (nSPS) is 24.0. The first-order valence-corrected chi connectivity index (χ1v) is 9.21. The standard InChI is InChI=1S/C20H28N2O3/c1-16-6-3-4-7-17(16)18(23)21-11-5-8-20(9-12-21)10-13-22(19(20)24)14-15-25-2/h3-4,6-7H,5,8-15H2,1-2H3/t20-/m1/s1. The maximum absolute atomic E-state index is 12.9. The van der Waals surface area contributed by atoms with Gasteiger partial charge in [-0.2, -0.15) is 0 Å². The Bertz CT molecular complexity index is 646. The first-order valence-electron chi connectivity index (χ1n) is 9.21. The van der Waals surface area contributed by atoms with Crippen molar-refractivity contribution in [2.24, 2.45) is 5.41 Å². The molecule has 0 saturated carbocycles. The molecule has 2 heterocycles. The van der Waals surface area contributed by atoms with Crippen LogP contribution in [0.4, 0.5) is 0 Å². The number of benzene rings is 1. The molecule has 2 fully saturated rings. The van der Waals surface area contributed by atoms with Crippen LogP contribution < -0.4 is 0 Å². The predicted octanol–water partition coefficient (Wildman–Crippen LogP) is 2.49. The summed E-state index contributed by atoms with van der Waals surface area (Å²) in [5.74, 6) is 0.353. The molecule has 0 bridgehead atoms. The molecule has 5 nitrogen and oxygen atoms in total. The molecule has 2 saturated heterocycles. The van der Waals surface area contributed by atoms with Gasteiger partial charge in [0.05, 0.1) is 12.0 Å². The Kier molecular flexibility index (Phi) is 5.42. The fourth-order valence-electron chi connectivity index (χ4n) is 4.15. The van der Waals surface area contributed by atoms with Crippen molar-refractivity contribution in [2.75, 3.05) is 39.9 Å². The lowest BCUT2D eigenvalue weighted by atomic mass is 9.79. The van der Waals surface area contributed by atoms with Crippen LogP contribution in [-0.2, 0) is 9.53 Å². The third kappa shape index (κ3) is 3.56. The second-order valence-electron chi connectivity index (χ2n) is 7.28. The van der Waals surface area contributed by atoms with Gasteiger partial charge >= 0.3 is 0 Å². The molecule has 2 amide bonds. The molecule has 1 atom stereocenters. The number of hydrogen-bond donors (Lipinski definition) is 0. The Hall–Kier alpha value is -1.88. The SMILES string of the molecule is COCCN1CC[C@]2(CCCN(C(=O)c3ccccc3C)CC2)C1=O. The van der Waals surface area contributed by atoms with Gasteiger partial charge in [-0.05, 0) is 44.2 Å². The van der Waals surface area contributed by atoms with Crippen molar-refractivity contribution in [1.29, 1.82) is 0 Å². The topological polar surface area (TPSA) is 49.9 Å². The smallest absolute Gasteiger partial charge is 0.254 e. The summed E-state index contributed by atoms with van der Waals surface area (Å²) in [4.78, 5) is 29.7. The number of carbonyl (C=O) groups is 2. The number of amides is 2. The molecule has 0 N–H and O–H groups in total. The zero-order chi connectivity index (χ0) is 17.9. The maximum atomic E-state index is 12.9. The first kappa shape index (κ1) is 17.9. The number of carbonyl (C=O) groups excluding carboxylic acids is 2. The van der Waals surface area contributed by atoms with Crippen molar-refractivity contribution in [3.8, 4) is 0 Å². The van der Waals surface area contributed by atoms with E-state index in [0.29, 0.717) is 19.7 Å². The van der Waals surface area contributed by atoms with Crippen molar-refractivity contribution in [3.63, 3.8) is 0 Å². The van der Waals surface area contributed by atoms with Gasteiger partial charge in [0.1, 0.15) is 0 Å². The number of methoxy groups -OCH3 is 1. The molecule has 25 heavy (non-hydrogen) atoms. The minimum absolute atomic E-state index is 0.0943. The van der Waals surface area contributed by atoms with Crippen LogP contribution in [0.2, 0.25) is 0 Å². The van der Waals surface area contributed by atoms with E-state index >= 15 is 0 Å². The number of hydrogen-bond acceptors (Lipinski definition) is 3. The predicted molar refractivity (Wildman–Crippen MR) is 96.4 cm³/mol. The van der Waals surface area contributed by atoms with Gasteiger partial charge in [-0.1, -0.05) is 18.2 Å². The summed E-state index contributed by atoms with van der Waals surface area (Å²) in [6.07, 6.45) is 3.45. The molecule has 1 aromatic rings. The van der Waals surface area contributed by atoms with Crippen LogP contribution in [0.3, 0.4) is 0 Å². The fourth-order valence-corrected chi connectivity index (χ4v) is 4.15. The summed E-state index contributed by atoms with van der Waals surface area (Å²) < 4.78 is 5.11. The van der Waals surface area contributed by atoms with Crippen LogP contribution in [0.5, 0.6) is 0 Å². The summed E-state index contributed by atoms with van der Waals surface area (Å²) in [7, 11) is 1.66. The molecular formula is C20H28N2O3. The van der Waals surface area contributed by atoms with E-state index in [1.54, 1.807) is 7.11 Å². The Morgan fingerprint density at radius 3 is 2.68 bits per heavy atom. The van der Waals surface area contributed by atoms with Crippen LogP contribution >= 0.6 is 0 Å². The van der Waals surface area contributed by atoms with Gasteiger partial charge in [0.15, 0.2) is 0 Å². The quantitative estimate of drug-likeness (QED) is 0.843. The van der Waals surface area contributed by atoms with E-state index in [1.807, 2.05) is 41.0 Å². The van der Waals surface area contributed by atoms with Gasteiger partial charge in [-0.15, -0.1) is 0 Å². The van der Waals surface area contributed by atoms with Crippen molar-refractivity contribution in [2.45, 2.75) is 32.6 Å². The number of rotatable bonds is 4. The van der Waals surface area contributed by atoms with Gasteiger partial charge in [0.25, 0.3) is 5.91 Å². The Labute approximate surface area is 149 Å². The molecule has 0 radical (unpaired) electrons. The van der Waals surface area contributed by atoms with E-state index in [1.165, 1.54) is 0 Å². The zero-order valence-electron chi connectivity index (χ0n) is 15.3. The number of aryl methyl sites for hydroxylation is 1. The van der Waals surface area contributed by atoms with E-state index in [-0.39, 0.29) is 17.2 Å². The van der Waals surface area contributed by atoms with Crippen molar-refractivity contribution < 1.29 is 14.3 Å². The van der Waals surface area contributed by atoms with Gasteiger partial charge in [-0.25, -0.2) is 0 Å². The fraction of sp³-hybridized carbons (Fsp3) is 0.600. The lowest BCUT2D eigenvalue weighted by molar-refractivity contribution is -0.137. The van der Waals surface area contributed by atoms with Gasteiger partial charge < -0.3 is 14.5 Å². The zero-order valence-corrected chi connectivity index (χ0v) is 15.3. The van der Waals surface area contributed by atoms with Gasteiger partial charge in [0, 0.05) is 38.9 Å². The molecule has 136 valence electrons. The van der Waals surface area contributed by atoms with Crippen LogP contribution in [0, 0.1) is 12.3 Å². The van der Waals surface area contributed by atoms with Gasteiger partial charge in [0.2, 0.25) is 5.91 Å². The molecule has 0 aromatic heterocycles. The lowest BCUT2D eigenvalue weighted by Gasteiger charge is -2.27. The first-order chi connectivity index (χ1) is 12.1. The highest BCUT2D eigenvalue weighted by Gasteiger charge is 2.47. The molecule has 0 unspecified atom stereocenters. The highest BCUT2D eigenvalue weighted by molar-refractivity contribution is 5.95. The van der Waals surface area contributed by atoms with Crippen molar-refractivity contribution in [1.82, 2.24) is 9.80 Å². The molecule has 0 aliphatic carbocycles. The number of likely N-dealkylation sites (tertiary alicyclic amines) is 2. The molecule has 2 aliphatic rings. The van der Waals surface area contributed by atoms with Crippen molar-refractivity contribution in [3.05, 3.63) is 35.4 Å². The number of nitrogens with zero attached hydrogens (tertiary/aromatic N) is 2. The average molecular weight is 344 g/mol. The molecule has 1 aromatic carbocycles. The van der Waals surface area contributed by atoms with E-state index in [2.05, 4.69) is 0 Å². The number of ether oxygens (including phenoxy) is 1. The molecule has 2 aliphatic heterocycles. The minimum atomic E-state index is -0.269. The average Bonchev–Trinajstić information content (AvgIpc) is 2.79. The summed E-state index contributed by atoms with van der Waals surface area (Å²) in [6, 6.07) is 7.73. The van der Waals surface area contributed by atoms with E-state index in [9.17, 15) is 9.59 Å². The summed E-state index contributed by atoms with van der Waals surface area (Å²) in [5, 5.41) is 0. The third-order valence-electron chi connectivity index (χ3n) is 5.77. The molecular weight excluding hydrogens is 316 g/mol. The van der Waals surface area contributed by atoms with Crippen LogP contribution in [0.25, 0.3) is 0 Å². The van der Waals surface area contributed by atoms with E-state index < -0.39 is 0 Å². The van der Waals surface area contributed by atoms with Crippen LogP contribution in [-0.4, -0.2) is 61.5 Å². The highest BCUT2D eigenvalue weighted by atomic mass is 16.5. The van der Waals surface area contributed by atoms with Crippen LogP contribution in [0.1, 0.15) is 41.6 Å². The molecule has 1 spiro atoms. The van der Waals surface area contributed by atoms with Crippen molar-refractivity contribution >= 4 is 11.8 Å². The van der Waals surface area contributed by atoms with Crippen LogP contribution in [0.15, 0.2) is 24.3 Å². The van der Waals surface area contributed by atoms with Gasteiger partial charge in [-0.3, -0.25) is 9.59 Å². The van der Waals surface area contributed by atoms with E-state index in [0.717, 1.165) is 49.9 Å². The summed E-state index contributed by atoms with van der Waals surface area (Å²) >= 11 is 0. The highest BCUT2D eigenvalue weighted by Crippen LogP contribution is 2.41. The largest absolute Gasteiger partial charge is 0.383 e.